The monoisotopic (exact) mass is 387 g/mol. The summed E-state index contributed by atoms with van der Waals surface area (Å²) in [5, 5.41) is 15.2. The third-order valence-corrected chi connectivity index (χ3v) is 5.46. The van der Waals surface area contributed by atoms with Gasteiger partial charge in [0, 0.05) is 18.7 Å². The zero-order valence-corrected chi connectivity index (χ0v) is 16.5. The molecule has 0 radical (unpaired) electrons. The van der Waals surface area contributed by atoms with Crippen molar-refractivity contribution in [1.82, 2.24) is 20.4 Å². The molecule has 2 aromatic rings. The Morgan fingerprint density at radius 2 is 2.04 bits per heavy atom. The molecule has 2 heterocycles. The second kappa shape index (κ2) is 8.94. The van der Waals surface area contributed by atoms with Crippen LogP contribution in [0.3, 0.4) is 0 Å². The van der Waals surface area contributed by atoms with Gasteiger partial charge in [0.15, 0.2) is 0 Å². The highest BCUT2D eigenvalue weighted by Crippen LogP contribution is 2.27. The number of carbonyl (C=O) groups excluding carboxylic acids is 2. The summed E-state index contributed by atoms with van der Waals surface area (Å²) >= 11 is 1.33. The van der Waals surface area contributed by atoms with E-state index in [1.54, 1.807) is 4.90 Å². The van der Waals surface area contributed by atoms with Crippen LogP contribution in [-0.4, -0.2) is 46.2 Å². The number of carbonyl (C=O) groups is 2. The van der Waals surface area contributed by atoms with Crippen LogP contribution in [0.25, 0.3) is 10.6 Å². The van der Waals surface area contributed by atoms with Crippen LogP contribution in [0.2, 0.25) is 0 Å². The van der Waals surface area contributed by atoms with Gasteiger partial charge in [-0.2, -0.15) is 0 Å². The normalized spacial score (nSPS) is 16.4. The summed E-state index contributed by atoms with van der Waals surface area (Å²) in [4.78, 5) is 26.6. The zero-order valence-electron chi connectivity index (χ0n) is 15.7. The highest BCUT2D eigenvalue weighted by molar-refractivity contribution is 7.18. The van der Waals surface area contributed by atoms with Crippen LogP contribution in [0.1, 0.15) is 38.2 Å². The summed E-state index contributed by atoms with van der Waals surface area (Å²) in [5.41, 5.74) is 2.15. The molecule has 1 saturated heterocycles. The number of urea groups is 1. The topological polar surface area (TPSA) is 87.2 Å². The standard InChI is InChI=1S/C19H25N5O2S/c1-3-4-11-20-19(26)24-12-5-6-15(24)16(25)21-18-23-22-17(27-18)14-9-7-13(2)8-10-14/h7-10,15H,3-6,11-12H2,1-2H3,(H,20,26)(H,21,23,25). The molecule has 0 spiro atoms. The van der Waals surface area contributed by atoms with Crippen LogP contribution in [0.5, 0.6) is 0 Å². The molecule has 1 atom stereocenters. The molecule has 144 valence electrons. The summed E-state index contributed by atoms with van der Waals surface area (Å²) in [6.07, 6.45) is 3.44. The van der Waals surface area contributed by atoms with E-state index in [1.165, 1.54) is 16.9 Å². The van der Waals surface area contributed by atoms with Crippen molar-refractivity contribution >= 4 is 28.4 Å². The molecule has 1 aliphatic rings. The van der Waals surface area contributed by atoms with E-state index in [1.807, 2.05) is 31.2 Å². The fraction of sp³-hybridized carbons (Fsp3) is 0.474. The number of hydrogen-bond donors (Lipinski definition) is 2. The van der Waals surface area contributed by atoms with Gasteiger partial charge in [-0.25, -0.2) is 4.79 Å². The van der Waals surface area contributed by atoms with Crippen molar-refractivity contribution in [3.05, 3.63) is 29.8 Å². The second-order valence-electron chi connectivity index (χ2n) is 6.70. The molecule has 7 nitrogen and oxygen atoms in total. The zero-order chi connectivity index (χ0) is 19.2. The third kappa shape index (κ3) is 4.82. The maximum absolute atomic E-state index is 12.7. The number of nitrogens with one attached hydrogen (secondary N) is 2. The molecule has 1 fully saturated rings. The second-order valence-corrected chi connectivity index (χ2v) is 7.68. The van der Waals surface area contributed by atoms with E-state index >= 15 is 0 Å². The van der Waals surface area contributed by atoms with E-state index in [4.69, 9.17) is 0 Å². The van der Waals surface area contributed by atoms with E-state index in [9.17, 15) is 9.59 Å². The van der Waals surface area contributed by atoms with Crippen molar-refractivity contribution in [2.45, 2.75) is 45.6 Å². The molecule has 3 amide bonds. The van der Waals surface area contributed by atoms with E-state index in [-0.39, 0.29) is 11.9 Å². The average Bonchev–Trinajstić information content (AvgIpc) is 3.32. The van der Waals surface area contributed by atoms with Gasteiger partial charge in [-0.3, -0.25) is 10.1 Å². The third-order valence-electron chi connectivity index (χ3n) is 4.58. The lowest BCUT2D eigenvalue weighted by Gasteiger charge is -2.23. The van der Waals surface area contributed by atoms with Crippen molar-refractivity contribution in [3.63, 3.8) is 0 Å². The van der Waals surface area contributed by atoms with Gasteiger partial charge in [-0.1, -0.05) is 54.5 Å². The molecule has 0 saturated carbocycles. The van der Waals surface area contributed by atoms with Crippen LogP contribution >= 0.6 is 11.3 Å². The van der Waals surface area contributed by atoms with Crippen molar-refractivity contribution < 1.29 is 9.59 Å². The number of hydrogen-bond acceptors (Lipinski definition) is 5. The Labute approximate surface area is 163 Å². The molecule has 1 unspecified atom stereocenters. The van der Waals surface area contributed by atoms with E-state index in [0.717, 1.165) is 29.8 Å². The number of likely N-dealkylation sites (tertiary alicyclic amines) is 1. The molecule has 2 N–H and O–H groups in total. The van der Waals surface area contributed by atoms with Gasteiger partial charge in [-0.15, -0.1) is 10.2 Å². The Morgan fingerprint density at radius 1 is 1.26 bits per heavy atom. The number of aromatic nitrogens is 2. The lowest BCUT2D eigenvalue weighted by atomic mass is 10.2. The van der Waals surface area contributed by atoms with Gasteiger partial charge in [0.1, 0.15) is 11.0 Å². The predicted molar refractivity (Wildman–Crippen MR) is 107 cm³/mol. The summed E-state index contributed by atoms with van der Waals surface area (Å²) < 4.78 is 0. The number of rotatable bonds is 6. The number of amides is 3. The van der Waals surface area contributed by atoms with Gasteiger partial charge in [0.2, 0.25) is 11.0 Å². The van der Waals surface area contributed by atoms with E-state index in [0.29, 0.717) is 24.6 Å². The molecule has 0 bridgehead atoms. The number of benzene rings is 1. The van der Waals surface area contributed by atoms with E-state index in [2.05, 4.69) is 27.8 Å². The van der Waals surface area contributed by atoms with E-state index < -0.39 is 6.04 Å². The Balaban J connectivity index is 1.61. The van der Waals surface area contributed by atoms with Gasteiger partial charge in [-0.05, 0) is 26.2 Å². The molecule has 1 aromatic carbocycles. The summed E-state index contributed by atoms with van der Waals surface area (Å²) in [7, 11) is 0. The van der Waals surface area contributed by atoms with Crippen molar-refractivity contribution in [2.75, 3.05) is 18.4 Å². The molecule has 8 heteroatoms. The van der Waals surface area contributed by atoms with Crippen LogP contribution in [0, 0.1) is 6.92 Å². The van der Waals surface area contributed by atoms with Crippen molar-refractivity contribution in [1.29, 1.82) is 0 Å². The summed E-state index contributed by atoms with van der Waals surface area (Å²) in [6.45, 7) is 5.34. The maximum Gasteiger partial charge on any atom is 0.318 e. The fourth-order valence-electron chi connectivity index (χ4n) is 3.03. The van der Waals surface area contributed by atoms with Gasteiger partial charge >= 0.3 is 6.03 Å². The first-order chi connectivity index (χ1) is 13.1. The first kappa shape index (κ1) is 19.3. The molecule has 27 heavy (non-hydrogen) atoms. The highest BCUT2D eigenvalue weighted by Gasteiger charge is 2.34. The Kier molecular flexibility index (Phi) is 6.39. The van der Waals surface area contributed by atoms with Gasteiger partial charge in [0.25, 0.3) is 0 Å². The molecule has 0 aliphatic carbocycles. The molecular weight excluding hydrogens is 362 g/mol. The first-order valence-corrected chi connectivity index (χ1v) is 10.2. The molecular formula is C19H25N5O2S. The van der Waals surface area contributed by atoms with Crippen molar-refractivity contribution in [2.24, 2.45) is 0 Å². The molecule has 3 rings (SSSR count). The quantitative estimate of drug-likeness (QED) is 0.744. The minimum Gasteiger partial charge on any atom is -0.338 e. The number of unbranched alkanes of at least 4 members (excludes halogenated alkanes) is 1. The summed E-state index contributed by atoms with van der Waals surface area (Å²) in [6, 6.07) is 7.38. The van der Waals surface area contributed by atoms with Gasteiger partial charge in [0.05, 0.1) is 0 Å². The summed E-state index contributed by atoms with van der Waals surface area (Å²) in [5.74, 6) is -0.204. The van der Waals surface area contributed by atoms with Crippen LogP contribution in [0.4, 0.5) is 9.93 Å². The fourth-order valence-corrected chi connectivity index (χ4v) is 3.78. The minimum atomic E-state index is -0.460. The number of nitrogens with zero attached hydrogens (tertiary/aromatic N) is 3. The average molecular weight is 388 g/mol. The number of aryl methyl sites for hydroxylation is 1. The molecule has 1 aliphatic heterocycles. The maximum atomic E-state index is 12.7. The first-order valence-electron chi connectivity index (χ1n) is 9.34. The SMILES string of the molecule is CCCCNC(=O)N1CCCC1C(=O)Nc1nnc(-c2ccc(C)cc2)s1. The smallest absolute Gasteiger partial charge is 0.318 e. The molecule has 1 aromatic heterocycles. The van der Waals surface area contributed by atoms with Crippen LogP contribution < -0.4 is 10.6 Å². The predicted octanol–water partition coefficient (Wildman–Crippen LogP) is 3.43. The largest absolute Gasteiger partial charge is 0.338 e. The minimum absolute atomic E-state index is 0.168. The lowest BCUT2D eigenvalue weighted by molar-refractivity contribution is -0.119. The van der Waals surface area contributed by atoms with Gasteiger partial charge < -0.3 is 10.2 Å². The lowest BCUT2D eigenvalue weighted by Crippen LogP contribution is -2.47. The Hall–Kier alpha value is -2.48. The highest BCUT2D eigenvalue weighted by atomic mass is 32.1. The number of anilines is 1. The van der Waals surface area contributed by atoms with Crippen LogP contribution in [0.15, 0.2) is 24.3 Å². The Morgan fingerprint density at radius 3 is 2.78 bits per heavy atom. The van der Waals surface area contributed by atoms with Crippen LogP contribution in [-0.2, 0) is 4.79 Å². The van der Waals surface area contributed by atoms with Crippen molar-refractivity contribution in [3.8, 4) is 10.6 Å². The Bertz CT molecular complexity index is 790.